The van der Waals surface area contributed by atoms with E-state index < -0.39 is 75.1 Å². The van der Waals surface area contributed by atoms with Gasteiger partial charge in [0.2, 0.25) is 6.29 Å². The number of esters is 1. The largest absolute Gasteiger partial charge is 0.479 e. The molecule has 4 N–H and O–H groups in total. The van der Waals surface area contributed by atoms with Crippen molar-refractivity contribution in [2.75, 3.05) is 0 Å². The lowest BCUT2D eigenvalue weighted by Gasteiger charge is -2.38. The Labute approximate surface area is 137 Å². The van der Waals surface area contributed by atoms with Crippen LogP contribution in [0.2, 0.25) is 0 Å². The molecular weight excluding hydrogens is 296 g/mol. The summed E-state index contributed by atoms with van der Waals surface area (Å²) in [5.74, 6) is -3.94. The van der Waals surface area contributed by atoms with Gasteiger partial charge in [0.1, 0.15) is 18.3 Å². The quantitative estimate of drug-likeness (QED) is 0.466. The Morgan fingerprint density at radius 1 is 1.14 bits per heavy atom. The van der Waals surface area contributed by atoms with Crippen LogP contribution < -0.4 is 0 Å². The number of carboxylic acid groups (broad SMARTS) is 1. The van der Waals surface area contributed by atoms with Crippen LogP contribution in [0.15, 0.2) is 0 Å². The summed E-state index contributed by atoms with van der Waals surface area (Å²) in [5.41, 5.74) is 0. The zero-order chi connectivity index (χ0) is 21.9. The zero-order valence-corrected chi connectivity index (χ0v) is 11.7. The SMILES string of the molecule is [2H]C([2H])([2H])CCC(CCC([2H])([2H])[2H])C(=O)O[C@@H]1O[C@H](C(=O)O)[C@@H](O)[C@H](O)[C@H]1O. The fraction of sp³-hybridized carbons (Fsp3) is 0.857. The second-order valence-corrected chi connectivity index (χ2v) is 4.95. The molecule has 1 fully saturated rings. The van der Waals surface area contributed by atoms with Gasteiger partial charge < -0.3 is 29.9 Å². The number of rotatable bonds is 7. The van der Waals surface area contributed by atoms with Crippen LogP contribution in [-0.2, 0) is 19.1 Å². The Morgan fingerprint density at radius 2 is 1.73 bits per heavy atom. The Balaban J connectivity index is 2.87. The predicted molar refractivity (Wildman–Crippen MR) is 73.7 cm³/mol. The molecule has 0 amide bonds. The van der Waals surface area contributed by atoms with Gasteiger partial charge in [-0.25, -0.2) is 4.79 Å². The number of carbonyl (C=O) groups is 2. The molecule has 0 aliphatic carbocycles. The number of aliphatic carboxylic acids is 1. The van der Waals surface area contributed by atoms with E-state index >= 15 is 0 Å². The van der Waals surface area contributed by atoms with Crippen molar-refractivity contribution < 1.29 is 47.7 Å². The van der Waals surface area contributed by atoms with Crippen molar-refractivity contribution in [3.8, 4) is 0 Å². The Hall–Kier alpha value is -1.22. The van der Waals surface area contributed by atoms with Gasteiger partial charge in [0.25, 0.3) is 0 Å². The highest BCUT2D eigenvalue weighted by atomic mass is 16.7. The van der Waals surface area contributed by atoms with E-state index in [0.29, 0.717) is 0 Å². The zero-order valence-electron chi connectivity index (χ0n) is 17.7. The van der Waals surface area contributed by atoms with Gasteiger partial charge in [0.15, 0.2) is 6.10 Å². The minimum absolute atomic E-state index is 0.234. The van der Waals surface area contributed by atoms with E-state index in [1.54, 1.807) is 0 Å². The van der Waals surface area contributed by atoms with Crippen LogP contribution >= 0.6 is 0 Å². The fourth-order valence-corrected chi connectivity index (χ4v) is 2.09. The van der Waals surface area contributed by atoms with Crippen LogP contribution in [0, 0.1) is 5.92 Å². The smallest absolute Gasteiger partial charge is 0.335 e. The first kappa shape index (κ1) is 11.3. The molecule has 0 aromatic carbocycles. The molecule has 0 aromatic heterocycles. The molecule has 22 heavy (non-hydrogen) atoms. The average Bonchev–Trinajstić information content (AvgIpc) is 2.52. The molecule has 1 aliphatic rings. The molecule has 8 heteroatoms. The first-order valence-corrected chi connectivity index (χ1v) is 6.75. The minimum atomic E-state index is -2.37. The Bertz CT molecular complexity index is 533. The van der Waals surface area contributed by atoms with Crippen molar-refractivity contribution in [1.82, 2.24) is 0 Å². The van der Waals surface area contributed by atoms with Crippen molar-refractivity contribution in [2.24, 2.45) is 5.92 Å². The molecular formula is C14H24O8. The van der Waals surface area contributed by atoms with Crippen molar-refractivity contribution in [3.63, 3.8) is 0 Å². The molecule has 0 aromatic rings. The van der Waals surface area contributed by atoms with Crippen molar-refractivity contribution >= 4 is 11.9 Å². The maximum atomic E-state index is 12.4. The summed E-state index contributed by atoms with van der Waals surface area (Å²) in [6.07, 6.45) is -11.1. The molecule has 0 bridgehead atoms. The summed E-state index contributed by atoms with van der Waals surface area (Å²) >= 11 is 0. The maximum absolute atomic E-state index is 12.4. The van der Waals surface area contributed by atoms with Crippen LogP contribution in [0.3, 0.4) is 0 Å². The van der Waals surface area contributed by atoms with Crippen molar-refractivity contribution in [2.45, 2.75) is 70.1 Å². The maximum Gasteiger partial charge on any atom is 0.335 e. The summed E-state index contributed by atoms with van der Waals surface area (Å²) in [5, 5.41) is 38.2. The highest BCUT2D eigenvalue weighted by Gasteiger charge is 2.48. The van der Waals surface area contributed by atoms with Gasteiger partial charge in [-0.15, -0.1) is 0 Å². The van der Waals surface area contributed by atoms with E-state index in [-0.39, 0.29) is 12.8 Å². The summed E-state index contributed by atoms with van der Waals surface area (Å²) in [7, 11) is 0. The molecule has 128 valence electrons. The van der Waals surface area contributed by atoms with Crippen LogP contribution in [-0.4, -0.2) is 63.1 Å². The molecule has 1 aliphatic heterocycles. The second kappa shape index (κ2) is 8.42. The molecule has 1 rings (SSSR count). The number of aliphatic hydroxyl groups is 3. The van der Waals surface area contributed by atoms with Gasteiger partial charge in [0, 0.05) is 8.22 Å². The summed E-state index contributed by atoms with van der Waals surface area (Å²) in [6, 6.07) is 0. The van der Waals surface area contributed by atoms with Crippen molar-refractivity contribution in [1.29, 1.82) is 0 Å². The van der Waals surface area contributed by atoms with Crippen LogP contribution in [0.25, 0.3) is 0 Å². The lowest BCUT2D eigenvalue weighted by atomic mass is 9.97. The molecule has 0 radical (unpaired) electrons. The van der Waals surface area contributed by atoms with E-state index in [1.165, 1.54) is 0 Å². The summed E-state index contributed by atoms with van der Waals surface area (Å²) < 4.78 is 53.0. The monoisotopic (exact) mass is 326 g/mol. The van der Waals surface area contributed by atoms with Gasteiger partial charge in [-0.2, -0.15) is 0 Å². The third kappa shape index (κ3) is 4.39. The predicted octanol–water partition coefficient (Wildman–Crippen LogP) is -0.362. The molecule has 0 saturated carbocycles. The van der Waals surface area contributed by atoms with Gasteiger partial charge in [-0.3, -0.25) is 4.79 Å². The topological polar surface area (TPSA) is 134 Å². The molecule has 8 nitrogen and oxygen atoms in total. The van der Waals surface area contributed by atoms with Gasteiger partial charge in [0.05, 0.1) is 5.92 Å². The number of carboxylic acids is 1. The third-order valence-corrected chi connectivity index (χ3v) is 3.36. The minimum Gasteiger partial charge on any atom is -0.479 e. The first-order chi connectivity index (χ1) is 12.6. The second-order valence-electron chi connectivity index (χ2n) is 4.95. The van der Waals surface area contributed by atoms with Gasteiger partial charge in [-0.05, 0) is 12.8 Å². The Kier molecular flexibility index (Phi) is 4.34. The number of ether oxygens (including phenoxy) is 2. The van der Waals surface area contributed by atoms with E-state index in [1.807, 2.05) is 0 Å². The summed E-state index contributed by atoms with van der Waals surface area (Å²) in [6.45, 7) is -4.73. The number of hydrogen-bond donors (Lipinski definition) is 4. The van der Waals surface area contributed by atoms with E-state index in [9.17, 15) is 24.9 Å². The summed E-state index contributed by atoms with van der Waals surface area (Å²) in [4.78, 5) is 23.4. The normalized spacial score (nSPS) is 37.2. The lowest BCUT2D eigenvalue weighted by Crippen LogP contribution is -2.60. The molecule has 1 heterocycles. The Morgan fingerprint density at radius 3 is 2.23 bits per heavy atom. The van der Waals surface area contributed by atoms with E-state index in [2.05, 4.69) is 0 Å². The average molecular weight is 326 g/mol. The molecule has 1 saturated heterocycles. The molecule has 0 spiro atoms. The standard InChI is InChI=1S/C14H24O8/c1-3-5-7(6-4-2)13(20)22-14-10(17)8(15)9(16)11(21-14)12(18)19/h7-11,14-17H,3-6H2,1-2H3,(H,18,19)/t8-,9-,10+,11-,14-/m0/s1/i1D3,2D3. The number of hydrogen-bond acceptors (Lipinski definition) is 7. The van der Waals surface area contributed by atoms with E-state index in [4.69, 9.17) is 22.8 Å². The fourth-order valence-electron chi connectivity index (χ4n) is 2.09. The van der Waals surface area contributed by atoms with Crippen LogP contribution in [0.4, 0.5) is 0 Å². The highest BCUT2D eigenvalue weighted by molar-refractivity contribution is 5.74. The third-order valence-electron chi connectivity index (χ3n) is 3.36. The van der Waals surface area contributed by atoms with Gasteiger partial charge >= 0.3 is 11.9 Å². The molecule has 5 atom stereocenters. The molecule has 0 unspecified atom stereocenters. The lowest BCUT2D eigenvalue weighted by molar-refractivity contribution is -0.287. The first-order valence-electron chi connectivity index (χ1n) is 9.75. The van der Waals surface area contributed by atoms with Crippen LogP contribution in [0.1, 0.15) is 47.6 Å². The van der Waals surface area contributed by atoms with Crippen LogP contribution in [0.5, 0.6) is 0 Å². The van der Waals surface area contributed by atoms with E-state index in [0.717, 1.165) is 0 Å². The van der Waals surface area contributed by atoms with Crippen molar-refractivity contribution in [3.05, 3.63) is 0 Å². The number of carbonyl (C=O) groups excluding carboxylic acids is 1. The highest BCUT2D eigenvalue weighted by Crippen LogP contribution is 2.24. The van der Waals surface area contributed by atoms with Gasteiger partial charge in [-0.1, -0.05) is 26.5 Å². The number of aliphatic hydroxyl groups excluding tert-OH is 3.